The summed E-state index contributed by atoms with van der Waals surface area (Å²) in [6, 6.07) is 16.3. The molecule has 24 heavy (non-hydrogen) atoms. The first-order valence-corrected chi connectivity index (χ1v) is 7.95. The van der Waals surface area contributed by atoms with E-state index in [1.807, 2.05) is 35.0 Å². The summed E-state index contributed by atoms with van der Waals surface area (Å²) in [7, 11) is 0. The predicted molar refractivity (Wildman–Crippen MR) is 94.6 cm³/mol. The van der Waals surface area contributed by atoms with Gasteiger partial charge in [-0.05, 0) is 48.9 Å². The number of aliphatic hydroxyl groups is 1. The monoisotopic (exact) mass is 323 g/mol. The SMILES string of the molecule is CC(Nc1ccc(OCCO)cc1)c1ccc(-n2ccnc2)cc1. The molecule has 0 amide bonds. The average molecular weight is 323 g/mol. The van der Waals surface area contributed by atoms with Gasteiger partial charge in [0.2, 0.25) is 0 Å². The van der Waals surface area contributed by atoms with Crippen molar-refractivity contribution in [3.63, 3.8) is 0 Å². The van der Waals surface area contributed by atoms with E-state index in [1.54, 1.807) is 12.5 Å². The average Bonchev–Trinajstić information content (AvgIpc) is 3.16. The van der Waals surface area contributed by atoms with Gasteiger partial charge in [-0.2, -0.15) is 0 Å². The molecule has 0 aliphatic carbocycles. The van der Waals surface area contributed by atoms with Crippen molar-refractivity contribution < 1.29 is 9.84 Å². The lowest BCUT2D eigenvalue weighted by Gasteiger charge is -2.16. The fourth-order valence-electron chi connectivity index (χ4n) is 2.49. The van der Waals surface area contributed by atoms with Gasteiger partial charge >= 0.3 is 0 Å². The van der Waals surface area contributed by atoms with Gasteiger partial charge in [-0.3, -0.25) is 0 Å². The van der Waals surface area contributed by atoms with Crippen LogP contribution in [0.4, 0.5) is 5.69 Å². The van der Waals surface area contributed by atoms with E-state index < -0.39 is 0 Å². The second kappa shape index (κ2) is 7.66. The molecule has 0 radical (unpaired) electrons. The zero-order chi connectivity index (χ0) is 16.8. The number of nitrogens with zero attached hydrogens (tertiary/aromatic N) is 2. The van der Waals surface area contributed by atoms with Crippen LogP contribution in [0, 0.1) is 0 Å². The van der Waals surface area contributed by atoms with E-state index in [2.05, 4.69) is 41.5 Å². The van der Waals surface area contributed by atoms with E-state index in [1.165, 1.54) is 5.56 Å². The molecule has 1 aromatic heterocycles. The Balaban J connectivity index is 1.63. The Hall–Kier alpha value is -2.79. The normalized spacial score (nSPS) is 11.9. The van der Waals surface area contributed by atoms with Crippen LogP contribution in [-0.2, 0) is 0 Å². The topological polar surface area (TPSA) is 59.3 Å². The van der Waals surface area contributed by atoms with Gasteiger partial charge < -0.3 is 19.7 Å². The fraction of sp³-hybridized carbons (Fsp3) is 0.211. The number of anilines is 1. The summed E-state index contributed by atoms with van der Waals surface area (Å²) >= 11 is 0. The first-order chi connectivity index (χ1) is 11.8. The number of aromatic nitrogens is 2. The maximum atomic E-state index is 8.76. The number of imidazole rings is 1. The van der Waals surface area contributed by atoms with Crippen molar-refractivity contribution in [1.29, 1.82) is 0 Å². The highest BCUT2D eigenvalue weighted by atomic mass is 16.5. The minimum atomic E-state index is 0.0199. The number of rotatable bonds is 7. The highest BCUT2D eigenvalue weighted by Gasteiger charge is 2.06. The molecule has 0 bridgehead atoms. The van der Waals surface area contributed by atoms with Crippen LogP contribution < -0.4 is 10.1 Å². The van der Waals surface area contributed by atoms with Crippen LogP contribution in [-0.4, -0.2) is 27.9 Å². The molecule has 2 aromatic carbocycles. The second-order valence-corrected chi connectivity index (χ2v) is 5.52. The fourth-order valence-corrected chi connectivity index (χ4v) is 2.49. The van der Waals surface area contributed by atoms with Crippen molar-refractivity contribution in [2.24, 2.45) is 0 Å². The molecule has 3 rings (SSSR count). The van der Waals surface area contributed by atoms with Crippen molar-refractivity contribution in [3.05, 3.63) is 72.8 Å². The van der Waals surface area contributed by atoms with Crippen molar-refractivity contribution >= 4 is 5.69 Å². The summed E-state index contributed by atoms with van der Waals surface area (Å²) < 4.78 is 7.34. The minimum Gasteiger partial charge on any atom is -0.491 e. The number of hydrogen-bond acceptors (Lipinski definition) is 4. The number of hydrogen-bond donors (Lipinski definition) is 2. The van der Waals surface area contributed by atoms with Gasteiger partial charge in [0.15, 0.2) is 0 Å². The molecule has 0 saturated carbocycles. The summed E-state index contributed by atoms with van der Waals surface area (Å²) in [5.41, 5.74) is 3.32. The molecule has 2 N–H and O–H groups in total. The third-order valence-electron chi connectivity index (χ3n) is 3.79. The quantitative estimate of drug-likeness (QED) is 0.699. The molecule has 124 valence electrons. The minimum absolute atomic E-state index is 0.0199. The lowest BCUT2D eigenvalue weighted by Crippen LogP contribution is -2.07. The number of benzene rings is 2. The molecule has 5 nitrogen and oxygen atoms in total. The van der Waals surface area contributed by atoms with Crippen LogP contribution in [0.3, 0.4) is 0 Å². The highest BCUT2D eigenvalue weighted by Crippen LogP contribution is 2.22. The largest absolute Gasteiger partial charge is 0.491 e. The van der Waals surface area contributed by atoms with Gasteiger partial charge in [-0.1, -0.05) is 12.1 Å². The van der Waals surface area contributed by atoms with E-state index in [-0.39, 0.29) is 12.6 Å². The Kier molecular flexibility index (Phi) is 5.13. The van der Waals surface area contributed by atoms with Gasteiger partial charge in [0.25, 0.3) is 0 Å². The van der Waals surface area contributed by atoms with Crippen molar-refractivity contribution in [1.82, 2.24) is 9.55 Å². The molecule has 1 heterocycles. The first-order valence-electron chi connectivity index (χ1n) is 7.95. The van der Waals surface area contributed by atoms with Gasteiger partial charge in [-0.25, -0.2) is 4.98 Å². The van der Waals surface area contributed by atoms with Crippen molar-refractivity contribution in [2.75, 3.05) is 18.5 Å². The Morgan fingerprint density at radius 3 is 2.50 bits per heavy atom. The Morgan fingerprint density at radius 2 is 1.88 bits per heavy atom. The van der Waals surface area contributed by atoms with E-state index in [9.17, 15) is 0 Å². The molecule has 0 saturated heterocycles. The molecule has 3 aromatic rings. The second-order valence-electron chi connectivity index (χ2n) is 5.52. The van der Waals surface area contributed by atoms with Crippen molar-refractivity contribution in [2.45, 2.75) is 13.0 Å². The van der Waals surface area contributed by atoms with E-state index in [0.29, 0.717) is 6.61 Å². The van der Waals surface area contributed by atoms with Crippen molar-refractivity contribution in [3.8, 4) is 11.4 Å². The van der Waals surface area contributed by atoms with Gasteiger partial charge in [0.1, 0.15) is 12.4 Å². The van der Waals surface area contributed by atoms with Crippen LogP contribution >= 0.6 is 0 Å². The molecule has 0 aliphatic rings. The molecular formula is C19H21N3O2. The summed E-state index contributed by atoms with van der Waals surface area (Å²) in [6.45, 7) is 2.46. The maximum absolute atomic E-state index is 8.76. The first kappa shape index (κ1) is 16.1. The van der Waals surface area contributed by atoms with Gasteiger partial charge in [0, 0.05) is 29.8 Å². The third-order valence-corrected chi connectivity index (χ3v) is 3.79. The van der Waals surface area contributed by atoms with E-state index in [4.69, 9.17) is 9.84 Å². The highest BCUT2D eigenvalue weighted by molar-refractivity contribution is 5.48. The van der Waals surface area contributed by atoms with Crippen LogP contribution in [0.5, 0.6) is 5.75 Å². The maximum Gasteiger partial charge on any atom is 0.119 e. The third kappa shape index (κ3) is 3.94. The Bertz CT molecular complexity index is 737. The zero-order valence-corrected chi connectivity index (χ0v) is 13.6. The molecule has 1 unspecified atom stereocenters. The van der Waals surface area contributed by atoms with Crippen LogP contribution in [0.2, 0.25) is 0 Å². The van der Waals surface area contributed by atoms with Crippen LogP contribution in [0.1, 0.15) is 18.5 Å². The summed E-state index contributed by atoms with van der Waals surface area (Å²) in [5.74, 6) is 0.756. The lowest BCUT2D eigenvalue weighted by atomic mass is 10.1. The zero-order valence-electron chi connectivity index (χ0n) is 13.6. The Morgan fingerprint density at radius 1 is 1.12 bits per heavy atom. The summed E-state index contributed by atoms with van der Waals surface area (Å²) in [5, 5.41) is 12.2. The predicted octanol–water partition coefficient (Wildman–Crippen LogP) is 3.42. The molecule has 0 spiro atoms. The molecule has 5 heteroatoms. The Labute approximate surface area is 141 Å². The molecule has 0 fully saturated rings. The number of ether oxygens (including phenoxy) is 1. The lowest BCUT2D eigenvalue weighted by molar-refractivity contribution is 0.201. The van der Waals surface area contributed by atoms with E-state index >= 15 is 0 Å². The van der Waals surface area contributed by atoms with Crippen LogP contribution in [0.15, 0.2) is 67.3 Å². The summed E-state index contributed by atoms with van der Waals surface area (Å²) in [6.07, 6.45) is 5.49. The van der Waals surface area contributed by atoms with Gasteiger partial charge in [0.05, 0.1) is 12.9 Å². The van der Waals surface area contributed by atoms with Gasteiger partial charge in [-0.15, -0.1) is 0 Å². The number of aliphatic hydroxyl groups excluding tert-OH is 1. The molecular weight excluding hydrogens is 302 g/mol. The van der Waals surface area contributed by atoms with E-state index in [0.717, 1.165) is 17.1 Å². The number of nitrogens with one attached hydrogen (secondary N) is 1. The van der Waals surface area contributed by atoms with Crippen LogP contribution in [0.25, 0.3) is 5.69 Å². The molecule has 1 atom stereocenters. The smallest absolute Gasteiger partial charge is 0.119 e. The molecule has 0 aliphatic heterocycles. The standard InChI is InChI=1S/C19H21N3O2/c1-15(21-17-4-8-19(9-5-17)24-13-12-23)16-2-6-18(7-3-16)22-11-10-20-14-22/h2-11,14-15,21,23H,12-13H2,1H3. The summed E-state index contributed by atoms with van der Waals surface area (Å²) in [4.78, 5) is 4.06.